The molecule has 0 spiro atoms. The van der Waals surface area contributed by atoms with Gasteiger partial charge in [-0.05, 0) is 36.6 Å². The van der Waals surface area contributed by atoms with Crippen molar-refractivity contribution >= 4 is 23.5 Å². The summed E-state index contributed by atoms with van der Waals surface area (Å²) in [4.78, 5) is 37.3. The van der Waals surface area contributed by atoms with Crippen molar-refractivity contribution in [1.29, 1.82) is 5.26 Å². The summed E-state index contributed by atoms with van der Waals surface area (Å²) < 4.78 is 5.28. The molecule has 2 amide bonds. The SMILES string of the molecule is CC(C)[C@H](NC(=O)Cc1ccccc1)C(=O)O[C@@H](C)C(=O)Nc1cccc(C#N)c1. The van der Waals surface area contributed by atoms with Gasteiger partial charge in [-0.2, -0.15) is 5.26 Å². The van der Waals surface area contributed by atoms with Crippen LogP contribution in [-0.4, -0.2) is 29.9 Å². The quantitative estimate of drug-likeness (QED) is 0.654. The summed E-state index contributed by atoms with van der Waals surface area (Å²) in [5, 5.41) is 14.2. The summed E-state index contributed by atoms with van der Waals surface area (Å²) in [6, 6.07) is 16.7. The fourth-order valence-corrected chi connectivity index (χ4v) is 2.71. The van der Waals surface area contributed by atoms with Crippen LogP contribution in [0.4, 0.5) is 5.69 Å². The van der Waals surface area contributed by atoms with Crippen molar-refractivity contribution in [2.24, 2.45) is 5.92 Å². The van der Waals surface area contributed by atoms with Crippen LogP contribution in [0.1, 0.15) is 31.9 Å². The zero-order chi connectivity index (χ0) is 22.1. The Labute approximate surface area is 176 Å². The number of nitrogens with one attached hydrogen (secondary N) is 2. The van der Waals surface area contributed by atoms with Crippen LogP contribution in [-0.2, 0) is 25.5 Å². The molecule has 2 atom stereocenters. The second-order valence-electron chi connectivity index (χ2n) is 7.21. The maximum absolute atomic E-state index is 12.6. The van der Waals surface area contributed by atoms with Gasteiger partial charge in [-0.1, -0.05) is 50.2 Å². The highest BCUT2D eigenvalue weighted by molar-refractivity contribution is 5.96. The minimum absolute atomic E-state index is 0.141. The Kier molecular flexibility index (Phi) is 8.12. The van der Waals surface area contributed by atoms with Crippen LogP contribution in [0.15, 0.2) is 54.6 Å². The van der Waals surface area contributed by atoms with Crippen molar-refractivity contribution in [3.8, 4) is 6.07 Å². The lowest BCUT2D eigenvalue weighted by molar-refractivity contribution is -0.157. The van der Waals surface area contributed by atoms with Gasteiger partial charge in [0.05, 0.1) is 18.1 Å². The van der Waals surface area contributed by atoms with E-state index in [-0.39, 0.29) is 18.2 Å². The zero-order valence-corrected chi connectivity index (χ0v) is 17.2. The van der Waals surface area contributed by atoms with E-state index >= 15 is 0 Å². The molecule has 2 aromatic rings. The highest BCUT2D eigenvalue weighted by Gasteiger charge is 2.29. The van der Waals surface area contributed by atoms with Crippen LogP contribution in [0.2, 0.25) is 0 Å². The fraction of sp³-hybridized carbons (Fsp3) is 0.304. The Balaban J connectivity index is 1.95. The van der Waals surface area contributed by atoms with Crippen LogP contribution < -0.4 is 10.6 Å². The molecule has 30 heavy (non-hydrogen) atoms. The Morgan fingerprint density at radius 1 is 1.03 bits per heavy atom. The van der Waals surface area contributed by atoms with Crippen LogP contribution in [0.5, 0.6) is 0 Å². The molecule has 0 heterocycles. The van der Waals surface area contributed by atoms with E-state index in [1.807, 2.05) is 36.4 Å². The molecule has 2 N–H and O–H groups in total. The monoisotopic (exact) mass is 407 g/mol. The van der Waals surface area contributed by atoms with Gasteiger partial charge in [0.2, 0.25) is 5.91 Å². The summed E-state index contributed by atoms with van der Waals surface area (Å²) >= 11 is 0. The number of carbonyl (C=O) groups excluding carboxylic acids is 3. The number of amides is 2. The number of rotatable bonds is 8. The first-order valence-corrected chi connectivity index (χ1v) is 9.65. The lowest BCUT2D eigenvalue weighted by Crippen LogP contribution is -2.47. The number of hydrogen-bond donors (Lipinski definition) is 2. The standard InChI is InChI=1S/C23H25N3O4/c1-15(2)21(26-20(27)13-17-8-5-4-6-9-17)23(29)30-16(3)22(28)25-19-11-7-10-18(12-19)14-24/h4-12,15-16,21H,13H2,1-3H3,(H,25,28)(H,26,27)/t16-,21-/m0/s1. The van der Waals surface area contributed by atoms with Gasteiger partial charge < -0.3 is 15.4 Å². The second kappa shape index (κ2) is 10.8. The molecule has 0 radical (unpaired) electrons. The third kappa shape index (κ3) is 6.74. The number of benzene rings is 2. The summed E-state index contributed by atoms with van der Waals surface area (Å²) in [5.74, 6) is -1.74. The predicted octanol–water partition coefficient (Wildman–Crippen LogP) is 2.81. The van der Waals surface area contributed by atoms with Crippen molar-refractivity contribution in [3.63, 3.8) is 0 Å². The summed E-state index contributed by atoms with van der Waals surface area (Å²) in [6.45, 7) is 5.02. The van der Waals surface area contributed by atoms with Gasteiger partial charge in [-0.3, -0.25) is 9.59 Å². The zero-order valence-electron chi connectivity index (χ0n) is 17.2. The van der Waals surface area contributed by atoms with Gasteiger partial charge in [0, 0.05) is 5.69 Å². The Hall–Kier alpha value is -3.66. The summed E-state index contributed by atoms with van der Waals surface area (Å²) in [5.41, 5.74) is 1.66. The largest absolute Gasteiger partial charge is 0.451 e. The van der Waals surface area contributed by atoms with Gasteiger partial charge in [0.25, 0.3) is 5.91 Å². The first-order chi connectivity index (χ1) is 14.3. The molecular formula is C23H25N3O4. The first-order valence-electron chi connectivity index (χ1n) is 9.65. The van der Waals surface area contributed by atoms with Crippen molar-refractivity contribution in [1.82, 2.24) is 5.32 Å². The number of esters is 1. The molecule has 7 heteroatoms. The average Bonchev–Trinajstić information content (AvgIpc) is 2.72. The number of nitrogens with zero attached hydrogens (tertiary/aromatic N) is 1. The highest BCUT2D eigenvalue weighted by atomic mass is 16.5. The van der Waals surface area contributed by atoms with E-state index in [1.165, 1.54) is 13.0 Å². The molecule has 0 unspecified atom stereocenters. The van der Waals surface area contributed by atoms with Crippen LogP contribution in [0.25, 0.3) is 0 Å². The second-order valence-corrected chi connectivity index (χ2v) is 7.21. The fourth-order valence-electron chi connectivity index (χ4n) is 2.71. The molecule has 0 aliphatic rings. The molecule has 0 aliphatic carbocycles. The third-order valence-corrected chi connectivity index (χ3v) is 4.37. The number of hydrogen-bond acceptors (Lipinski definition) is 5. The van der Waals surface area contributed by atoms with Gasteiger partial charge >= 0.3 is 5.97 Å². The van der Waals surface area contributed by atoms with E-state index in [1.54, 1.807) is 32.0 Å². The maximum atomic E-state index is 12.6. The minimum atomic E-state index is -1.07. The van der Waals surface area contributed by atoms with E-state index in [2.05, 4.69) is 10.6 Å². The Morgan fingerprint density at radius 3 is 2.37 bits per heavy atom. The van der Waals surface area contributed by atoms with Crippen molar-refractivity contribution in [2.75, 3.05) is 5.32 Å². The van der Waals surface area contributed by atoms with Gasteiger partial charge in [-0.15, -0.1) is 0 Å². The molecule has 0 bridgehead atoms. The molecule has 0 fully saturated rings. The van der Waals surface area contributed by atoms with E-state index in [9.17, 15) is 14.4 Å². The molecule has 156 valence electrons. The number of nitriles is 1. The lowest BCUT2D eigenvalue weighted by atomic mass is 10.0. The number of ether oxygens (including phenoxy) is 1. The van der Waals surface area contributed by atoms with Crippen LogP contribution >= 0.6 is 0 Å². The van der Waals surface area contributed by atoms with Crippen LogP contribution in [0.3, 0.4) is 0 Å². The Morgan fingerprint density at radius 2 is 1.73 bits per heavy atom. The molecule has 7 nitrogen and oxygen atoms in total. The Bertz CT molecular complexity index is 935. The topological polar surface area (TPSA) is 108 Å². The predicted molar refractivity (Wildman–Crippen MR) is 112 cm³/mol. The molecule has 0 aromatic heterocycles. The lowest BCUT2D eigenvalue weighted by Gasteiger charge is -2.23. The maximum Gasteiger partial charge on any atom is 0.329 e. The van der Waals surface area contributed by atoms with Gasteiger partial charge in [-0.25, -0.2) is 4.79 Å². The van der Waals surface area contributed by atoms with Crippen molar-refractivity contribution in [3.05, 3.63) is 65.7 Å². The summed E-state index contributed by atoms with van der Waals surface area (Å²) in [7, 11) is 0. The van der Waals surface area contributed by atoms with E-state index < -0.39 is 24.0 Å². The minimum Gasteiger partial charge on any atom is -0.451 e. The molecule has 2 aromatic carbocycles. The third-order valence-electron chi connectivity index (χ3n) is 4.37. The molecule has 0 saturated heterocycles. The van der Waals surface area contributed by atoms with E-state index in [0.717, 1.165) is 5.56 Å². The highest BCUT2D eigenvalue weighted by Crippen LogP contribution is 2.12. The average molecular weight is 407 g/mol. The smallest absolute Gasteiger partial charge is 0.329 e. The molecular weight excluding hydrogens is 382 g/mol. The first kappa shape index (κ1) is 22.6. The van der Waals surface area contributed by atoms with Gasteiger partial charge in [0.15, 0.2) is 6.10 Å². The van der Waals surface area contributed by atoms with Gasteiger partial charge in [0.1, 0.15) is 6.04 Å². The molecule has 2 rings (SSSR count). The van der Waals surface area contributed by atoms with E-state index in [0.29, 0.717) is 11.3 Å². The normalized spacial score (nSPS) is 12.4. The van der Waals surface area contributed by atoms with E-state index in [4.69, 9.17) is 10.00 Å². The van der Waals surface area contributed by atoms with Crippen molar-refractivity contribution < 1.29 is 19.1 Å². The summed E-state index contributed by atoms with van der Waals surface area (Å²) in [6.07, 6.45) is -0.932. The van der Waals surface area contributed by atoms with Crippen molar-refractivity contribution in [2.45, 2.75) is 39.3 Å². The molecule has 0 aliphatic heterocycles. The number of carbonyl (C=O) groups is 3. The molecule has 0 saturated carbocycles. The number of anilines is 1. The van der Waals surface area contributed by atoms with Crippen LogP contribution in [0, 0.1) is 17.2 Å².